The Labute approximate surface area is 210 Å². The molecular weight excluding hydrogens is 477 g/mol. The third kappa shape index (κ3) is 4.40. The fraction of sp³-hybridized carbons (Fsp3) is 0.286. The number of pyridine rings is 1. The number of hydrogen-bond acceptors (Lipinski definition) is 4. The van der Waals surface area contributed by atoms with Crippen molar-refractivity contribution >= 4 is 27.4 Å². The molecule has 8 heteroatoms. The van der Waals surface area contributed by atoms with E-state index in [-0.39, 0.29) is 11.7 Å². The molecule has 0 spiro atoms. The lowest BCUT2D eigenvalue weighted by molar-refractivity contribution is 0.0915. The van der Waals surface area contributed by atoms with Crippen LogP contribution in [0.15, 0.2) is 67.0 Å². The van der Waals surface area contributed by atoms with Gasteiger partial charge >= 0.3 is 0 Å². The molecule has 0 radical (unpaired) electrons. The van der Waals surface area contributed by atoms with Crippen LogP contribution in [0.3, 0.4) is 0 Å². The lowest BCUT2D eigenvalue weighted by Crippen LogP contribution is -2.46. The molecule has 186 valence electrons. The van der Waals surface area contributed by atoms with Crippen LogP contribution >= 0.6 is 10.6 Å². The first-order valence-corrected chi connectivity index (χ1v) is 14.0. The van der Waals surface area contributed by atoms with Gasteiger partial charge in [-0.05, 0) is 67.5 Å². The number of fused-ring (bicyclic) bond motifs is 1. The average Bonchev–Trinajstić information content (AvgIpc) is 3.58. The van der Waals surface area contributed by atoms with Crippen LogP contribution < -0.4 is 5.32 Å². The largest absolute Gasteiger partial charge is 0.345 e. The first kappa shape index (κ1) is 23.2. The Hall–Kier alpha value is -3.20. The van der Waals surface area contributed by atoms with Crippen molar-refractivity contribution in [3.8, 4) is 16.9 Å². The summed E-state index contributed by atoms with van der Waals surface area (Å²) in [6.45, 7) is 1.85. The molecular formula is C28H28FN3O3S. The zero-order valence-electron chi connectivity index (χ0n) is 19.9. The molecule has 0 bridgehead atoms. The molecule has 3 heterocycles. The molecule has 1 aliphatic heterocycles. The van der Waals surface area contributed by atoms with Gasteiger partial charge in [0.15, 0.2) is 0 Å². The maximum Gasteiger partial charge on any atom is 0.251 e. The highest BCUT2D eigenvalue weighted by Crippen LogP contribution is 2.50. The van der Waals surface area contributed by atoms with Crippen molar-refractivity contribution in [2.75, 3.05) is 11.5 Å². The zero-order valence-corrected chi connectivity index (χ0v) is 20.8. The van der Waals surface area contributed by atoms with Gasteiger partial charge in [0.25, 0.3) is 5.91 Å². The Morgan fingerprint density at radius 3 is 2.69 bits per heavy atom. The molecule has 1 aliphatic carbocycles. The van der Waals surface area contributed by atoms with Crippen LogP contribution in [-0.4, -0.2) is 41.6 Å². The van der Waals surface area contributed by atoms with Crippen LogP contribution in [0.2, 0.25) is 0 Å². The van der Waals surface area contributed by atoms with Gasteiger partial charge in [-0.3, -0.25) is 13.9 Å². The van der Waals surface area contributed by atoms with Gasteiger partial charge in [-0.2, -0.15) is 10.6 Å². The van der Waals surface area contributed by atoms with Crippen LogP contribution in [0.25, 0.3) is 27.8 Å². The maximum atomic E-state index is 13.6. The second kappa shape index (κ2) is 8.44. The zero-order chi connectivity index (χ0) is 25.1. The van der Waals surface area contributed by atoms with E-state index in [0.717, 1.165) is 22.0 Å². The third-order valence-corrected chi connectivity index (χ3v) is 9.18. The minimum atomic E-state index is -2.65. The summed E-state index contributed by atoms with van der Waals surface area (Å²) in [4.78, 5) is 17.5. The molecule has 6 nitrogen and oxygen atoms in total. The highest BCUT2D eigenvalue weighted by Gasteiger charge is 2.39. The number of halogens is 1. The summed E-state index contributed by atoms with van der Waals surface area (Å²) in [5.74, 6) is 0.955. The van der Waals surface area contributed by atoms with Crippen molar-refractivity contribution in [2.24, 2.45) is 0 Å². The van der Waals surface area contributed by atoms with Crippen molar-refractivity contribution in [3.63, 3.8) is 0 Å². The molecule has 1 saturated carbocycles. The predicted molar refractivity (Wildman–Crippen MR) is 142 cm³/mol. The molecule has 2 fully saturated rings. The number of hydrogen-bond donors (Lipinski definition) is 3. The van der Waals surface area contributed by atoms with Gasteiger partial charge in [0.1, 0.15) is 11.6 Å². The van der Waals surface area contributed by atoms with Gasteiger partial charge in [0.2, 0.25) is 0 Å². The number of rotatable bonds is 5. The number of carbonyl (C=O) groups is 1. The molecule has 1 unspecified atom stereocenters. The van der Waals surface area contributed by atoms with Crippen LogP contribution in [0.5, 0.6) is 0 Å². The second-order valence-electron chi connectivity index (χ2n) is 10.3. The van der Waals surface area contributed by atoms with E-state index in [0.29, 0.717) is 29.5 Å². The predicted octanol–water partition coefficient (Wildman–Crippen LogP) is 6.35. The Morgan fingerprint density at radius 2 is 2.00 bits per heavy atom. The Morgan fingerprint density at radius 1 is 1.17 bits per heavy atom. The molecule has 36 heavy (non-hydrogen) atoms. The normalized spacial score (nSPS) is 22.0. The van der Waals surface area contributed by atoms with Crippen molar-refractivity contribution < 1.29 is 18.3 Å². The van der Waals surface area contributed by atoms with Gasteiger partial charge in [0.05, 0.1) is 23.0 Å². The van der Waals surface area contributed by atoms with Crippen molar-refractivity contribution in [3.05, 3.63) is 83.9 Å². The highest BCUT2D eigenvalue weighted by molar-refractivity contribution is 8.24. The van der Waals surface area contributed by atoms with E-state index >= 15 is 0 Å². The number of amides is 1. The molecule has 1 atom stereocenters. The first-order chi connectivity index (χ1) is 17.2. The fourth-order valence-corrected chi connectivity index (χ4v) is 7.32. The average molecular weight is 506 g/mol. The van der Waals surface area contributed by atoms with E-state index in [9.17, 15) is 18.3 Å². The van der Waals surface area contributed by atoms with E-state index in [2.05, 4.69) is 34.6 Å². The number of nitrogens with one attached hydrogen (secondary N) is 1. The van der Waals surface area contributed by atoms with Crippen molar-refractivity contribution in [1.82, 2.24) is 14.9 Å². The van der Waals surface area contributed by atoms with Gasteiger partial charge < -0.3 is 9.88 Å². The van der Waals surface area contributed by atoms with Gasteiger partial charge in [0, 0.05) is 28.5 Å². The Kier molecular flexibility index (Phi) is 5.44. The quantitative estimate of drug-likeness (QED) is 0.295. The third-order valence-electron chi connectivity index (χ3n) is 7.22. The Bertz CT molecular complexity index is 1480. The number of benzene rings is 2. The topological polar surface area (TPSA) is 87.4 Å². The summed E-state index contributed by atoms with van der Waals surface area (Å²) in [5, 5.41) is 3.98. The lowest BCUT2D eigenvalue weighted by Gasteiger charge is -2.30. The SMILES string of the molecule is CC1(NC(=O)c2ccc3c(-c4cccc(C5CC5)c4)cn(-c4ccc(F)cn4)c3c2)CCS(O)(O)C1. The summed E-state index contributed by atoms with van der Waals surface area (Å²) in [6, 6.07) is 17.1. The minimum absolute atomic E-state index is 0.158. The van der Waals surface area contributed by atoms with Crippen LogP contribution in [-0.2, 0) is 0 Å². The highest BCUT2D eigenvalue weighted by atomic mass is 32.3. The molecule has 4 aromatic rings. The number of aromatic nitrogens is 2. The summed E-state index contributed by atoms with van der Waals surface area (Å²) < 4.78 is 35.6. The second-order valence-corrected chi connectivity index (χ2v) is 12.6. The standard InChI is InChI=1S/C28H28FN3O3S/c1-28(11-12-36(34,35)17-28)31-27(33)21-7-9-23-24(20-4-2-3-19(13-20)18-5-6-18)16-32(25(23)14-21)26-10-8-22(29)15-30-26/h2-4,7-10,13-16,18,34-35H,5-6,11-12,17H2,1H3,(H,31,33). The number of carbonyl (C=O) groups excluding carboxylic acids is 1. The van der Waals surface area contributed by atoms with Gasteiger partial charge in [-0.15, -0.1) is 0 Å². The molecule has 3 N–H and O–H groups in total. The van der Waals surface area contributed by atoms with E-state index in [1.54, 1.807) is 12.1 Å². The fourth-order valence-electron chi connectivity index (χ4n) is 5.16. The summed E-state index contributed by atoms with van der Waals surface area (Å²) in [7, 11) is -2.65. The van der Waals surface area contributed by atoms with E-state index in [1.807, 2.05) is 29.8 Å². The monoisotopic (exact) mass is 505 g/mol. The van der Waals surface area contributed by atoms with E-state index < -0.39 is 21.9 Å². The van der Waals surface area contributed by atoms with E-state index in [4.69, 9.17) is 0 Å². The molecule has 2 aromatic carbocycles. The van der Waals surface area contributed by atoms with Crippen molar-refractivity contribution in [2.45, 2.75) is 37.6 Å². The van der Waals surface area contributed by atoms with Crippen LogP contribution in [0.4, 0.5) is 4.39 Å². The van der Waals surface area contributed by atoms with Crippen molar-refractivity contribution in [1.29, 1.82) is 0 Å². The van der Waals surface area contributed by atoms with Crippen LogP contribution in [0, 0.1) is 5.82 Å². The summed E-state index contributed by atoms with van der Waals surface area (Å²) in [5.41, 5.74) is 4.02. The Balaban J connectivity index is 1.43. The smallest absolute Gasteiger partial charge is 0.251 e. The van der Waals surface area contributed by atoms with Gasteiger partial charge in [-0.1, -0.05) is 30.3 Å². The lowest BCUT2D eigenvalue weighted by atomic mass is 9.99. The summed E-state index contributed by atoms with van der Waals surface area (Å²) >= 11 is 0. The van der Waals surface area contributed by atoms with E-state index in [1.165, 1.54) is 30.7 Å². The molecule has 6 rings (SSSR count). The minimum Gasteiger partial charge on any atom is -0.345 e. The van der Waals surface area contributed by atoms with Gasteiger partial charge in [-0.25, -0.2) is 9.37 Å². The molecule has 2 aromatic heterocycles. The van der Waals surface area contributed by atoms with Crippen LogP contribution in [0.1, 0.15) is 48.0 Å². The number of nitrogens with zero attached hydrogens (tertiary/aromatic N) is 2. The summed E-state index contributed by atoms with van der Waals surface area (Å²) in [6.07, 6.45) is 6.13. The molecule has 1 saturated heterocycles. The first-order valence-electron chi connectivity index (χ1n) is 12.1. The maximum absolute atomic E-state index is 13.6. The molecule has 1 amide bonds. The molecule has 2 aliphatic rings.